The van der Waals surface area contributed by atoms with Gasteiger partial charge in [0.25, 0.3) is 11.9 Å². The van der Waals surface area contributed by atoms with E-state index in [0.717, 1.165) is 6.07 Å². The molecular formula is C20H22ClF2N5O5. The van der Waals surface area contributed by atoms with Gasteiger partial charge in [0, 0.05) is 18.4 Å². The number of alkyl halides is 1. The van der Waals surface area contributed by atoms with E-state index in [2.05, 4.69) is 20.3 Å². The second kappa shape index (κ2) is 9.81. The first kappa shape index (κ1) is 24.6. The fraction of sp³-hybridized carbons (Fsp3) is 0.400. The second-order valence-electron chi connectivity index (χ2n) is 7.29. The maximum atomic E-state index is 15.6. The molecule has 1 aromatic carbocycles. The Labute approximate surface area is 193 Å². The zero-order valence-electron chi connectivity index (χ0n) is 17.5. The van der Waals surface area contributed by atoms with E-state index in [1.54, 1.807) is 7.11 Å². The van der Waals surface area contributed by atoms with Crippen molar-refractivity contribution in [3.05, 3.63) is 47.7 Å². The van der Waals surface area contributed by atoms with Gasteiger partial charge in [0.2, 0.25) is 5.88 Å². The standard InChI is InChI=1S/C20H21F2N5O5.ClH/c1-29-4-5-31-16-8-24-15(7-25-16)17(28)26-12-2-3-14(21)13(6-12)20-11-30-9-19(20,22)10-32-18(23)27-20;/h2-3,6-8H,4-5,9-11H2,1H3,(H2,23,27)(H,26,28);1H. The average Bonchev–Trinajstić information content (AvgIpc) is 3.13. The van der Waals surface area contributed by atoms with Crippen LogP contribution in [0.25, 0.3) is 0 Å². The van der Waals surface area contributed by atoms with Crippen LogP contribution in [0.3, 0.4) is 0 Å². The summed E-state index contributed by atoms with van der Waals surface area (Å²) in [6.45, 7) is -0.307. The minimum absolute atomic E-state index is 0. The van der Waals surface area contributed by atoms with E-state index in [1.807, 2.05) is 0 Å². The summed E-state index contributed by atoms with van der Waals surface area (Å²) in [5.41, 5.74) is 1.93. The predicted octanol–water partition coefficient (Wildman–Crippen LogP) is 1.59. The number of amidine groups is 1. The molecule has 1 amide bonds. The fourth-order valence-electron chi connectivity index (χ4n) is 3.54. The molecule has 3 N–H and O–H groups in total. The SMILES string of the molecule is COCCOc1cnc(C(=O)Nc2ccc(F)c(C34COCC3(F)COC(N)=N4)c2)cn1.Cl. The molecule has 0 aliphatic carbocycles. The monoisotopic (exact) mass is 485 g/mol. The number of nitrogens with zero attached hydrogens (tertiary/aromatic N) is 3. The van der Waals surface area contributed by atoms with Crippen molar-refractivity contribution in [2.24, 2.45) is 10.7 Å². The maximum Gasteiger partial charge on any atom is 0.283 e. The van der Waals surface area contributed by atoms with E-state index in [4.69, 9.17) is 24.7 Å². The van der Waals surface area contributed by atoms with Gasteiger partial charge in [-0.2, -0.15) is 0 Å². The Balaban J connectivity index is 0.00000306. The summed E-state index contributed by atoms with van der Waals surface area (Å²) in [5, 5.41) is 2.59. The number of nitrogens with one attached hydrogen (secondary N) is 1. The van der Waals surface area contributed by atoms with Gasteiger partial charge in [-0.1, -0.05) is 0 Å². The van der Waals surface area contributed by atoms with Crippen LogP contribution in [-0.2, 0) is 19.7 Å². The Morgan fingerprint density at radius 2 is 2.06 bits per heavy atom. The number of fused-ring (bicyclic) bond motifs is 1. The number of nitrogens with two attached hydrogens (primary N) is 1. The second-order valence-corrected chi connectivity index (χ2v) is 7.29. The van der Waals surface area contributed by atoms with Crippen LogP contribution in [0.4, 0.5) is 14.5 Å². The highest BCUT2D eigenvalue weighted by molar-refractivity contribution is 6.02. The average molecular weight is 486 g/mol. The lowest BCUT2D eigenvalue weighted by Crippen LogP contribution is -2.55. The number of rotatable bonds is 7. The van der Waals surface area contributed by atoms with Crippen LogP contribution in [0.5, 0.6) is 5.88 Å². The summed E-state index contributed by atoms with van der Waals surface area (Å²) in [5.74, 6) is -1.08. The highest BCUT2D eigenvalue weighted by atomic mass is 35.5. The number of hydrogen-bond donors (Lipinski definition) is 2. The number of carbonyl (C=O) groups is 1. The normalized spacial score (nSPS) is 23.5. The van der Waals surface area contributed by atoms with Crippen molar-refractivity contribution in [1.82, 2.24) is 9.97 Å². The third kappa shape index (κ3) is 4.68. The van der Waals surface area contributed by atoms with Gasteiger partial charge in [-0.05, 0) is 18.2 Å². The molecule has 10 nitrogen and oxygen atoms in total. The largest absolute Gasteiger partial charge is 0.474 e. The molecule has 2 atom stereocenters. The number of anilines is 1. The number of benzene rings is 1. The van der Waals surface area contributed by atoms with Crippen molar-refractivity contribution in [2.45, 2.75) is 11.2 Å². The number of amides is 1. The van der Waals surface area contributed by atoms with E-state index in [0.29, 0.717) is 6.61 Å². The number of hydrogen-bond acceptors (Lipinski definition) is 9. The van der Waals surface area contributed by atoms with Gasteiger partial charge >= 0.3 is 0 Å². The molecule has 4 rings (SSSR count). The molecule has 13 heteroatoms. The Hall–Kier alpha value is -3.09. The lowest BCUT2D eigenvalue weighted by atomic mass is 9.78. The van der Waals surface area contributed by atoms with Crippen LogP contribution >= 0.6 is 12.4 Å². The van der Waals surface area contributed by atoms with E-state index in [9.17, 15) is 9.18 Å². The third-order valence-electron chi connectivity index (χ3n) is 5.20. The van der Waals surface area contributed by atoms with Crippen molar-refractivity contribution in [1.29, 1.82) is 0 Å². The molecule has 2 aliphatic rings. The number of halogens is 3. The van der Waals surface area contributed by atoms with Gasteiger partial charge in [0.1, 0.15) is 24.7 Å². The Morgan fingerprint density at radius 3 is 2.79 bits per heavy atom. The Morgan fingerprint density at radius 1 is 1.24 bits per heavy atom. The minimum atomic E-state index is -2.11. The number of aliphatic imine (C=N–C) groups is 1. The van der Waals surface area contributed by atoms with Crippen LogP contribution < -0.4 is 15.8 Å². The molecule has 3 heterocycles. The number of aromatic nitrogens is 2. The van der Waals surface area contributed by atoms with Gasteiger partial charge in [-0.15, -0.1) is 12.4 Å². The number of methoxy groups -OCH3 is 1. The molecule has 2 aliphatic heterocycles. The predicted molar refractivity (Wildman–Crippen MR) is 115 cm³/mol. The van der Waals surface area contributed by atoms with Crippen molar-refractivity contribution >= 4 is 30.0 Å². The van der Waals surface area contributed by atoms with Crippen LogP contribution in [0.15, 0.2) is 35.6 Å². The Kier molecular flexibility index (Phi) is 7.30. The van der Waals surface area contributed by atoms with Crippen LogP contribution in [-0.4, -0.2) is 67.7 Å². The summed E-state index contributed by atoms with van der Waals surface area (Å²) in [6, 6.07) is 3.48. The summed E-state index contributed by atoms with van der Waals surface area (Å²) in [6.07, 6.45) is 2.54. The molecule has 33 heavy (non-hydrogen) atoms. The first-order chi connectivity index (χ1) is 15.4. The van der Waals surface area contributed by atoms with E-state index in [-0.39, 0.29) is 61.1 Å². The van der Waals surface area contributed by atoms with Gasteiger partial charge in [-0.25, -0.2) is 23.7 Å². The molecule has 1 saturated heterocycles. The highest BCUT2D eigenvalue weighted by Crippen LogP contribution is 2.48. The molecule has 2 aromatic rings. The molecule has 0 radical (unpaired) electrons. The van der Waals surface area contributed by atoms with Gasteiger partial charge < -0.3 is 30.0 Å². The quantitative estimate of drug-likeness (QED) is 0.565. The molecule has 0 spiro atoms. The molecule has 178 valence electrons. The summed E-state index contributed by atoms with van der Waals surface area (Å²) in [7, 11) is 1.54. The highest BCUT2D eigenvalue weighted by Gasteiger charge is 2.62. The summed E-state index contributed by atoms with van der Waals surface area (Å²) < 4.78 is 50.8. The number of ether oxygens (including phenoxy) is 4. The van der Waals surface area contributed by atoms with Crippen molar-refractivity contribution in [2.75, 3.05) is 45.5 Å². The van der Waals surface area contributed by atoms with Crippen LogP contribution in [0, 0.1) is 5.82 Å². The molecule has 0 saturated carbocycles. The van der Waals surface area contributed by atoms with Gasteiger partial charge in [0.05, 0.1) is 32.2 Å². The molecule has 1 fully saturated rings. The van der Waals surface area contributed by atoms with E-state index in [1.165, 1.54) is 24.5 Å². The zero-order valence-corrected chi connectivity index (χ0v) is 18.4. The summed E-state index contributed by atoms with van der Waals surface area (Å²) >= 11 is 0. The number of carbonyl (C=O) groups excluding carboxylic acids is 1. The smallest absolute Gasteiger partial charge is 0.283 e. The lowest BCUT2D eigenvalue weighted by Gasteiger charge is -2.38. The first-order valence-electron chi connectivity index (χ1n) is 9.67. The van der Waals surface area contributed by atoms with Crippen molar-refractivity contribution < 1.29 is 32.5 Å². The minimum Gasteiger partial charge on any atom is -0.474 e. The Bertz CT molecular complexity index is 1040. The van der Waals surface area contributed by atoms with Gasteiger partial charge in [0.15, 0.2) is 11.2 Å². The fourth-order valence-corrected chi connectivity index (χ4v) is 3.54. The molecule has 2 unspecified atom stereocenters. The zero-order chi connectivity index (χ0) is 22.8. The van der Waals surface area contributed by atoms with E-state index >= 15 is 4.39 Å². The molecule has 0 bridgehead atoms. The maximum absolute atomic E-state index is 15.6. The van der Waals surface area contributed by atoms with E-state index < -0.39 is 29.5 Å². The first-order valence-corrected chi connectivity index (χ1v) is 9.67. The van der Waals surface area contributed by atoms with Crippen molar-refractivity contribution in [3.8, 4) is 5.88 Å². The topological polar surface area (TPSA) is 130 Å². The van der Waals surface area contributed by atoms with Crippen molar-refractivity contribution in [3.63, 3.8) is 0 Å². The molecule has 1 aromatic heterocycles. The van der Waals surface area contributed by atoms with Crippen LogP contribution in [0.2, 0.25) is 0 Å². The molecular weight excluding hydrogens is 464 g/mol. The third-order valence-corrected chi connectivity index (χ3v) is 5.20. The lowest BCUT2D eigenvalue weighted by molar-refractivity contribution is 0.00905. The van der Waals surface area contributed by atoms with Gasteiger partial charge in [-0.3, -0.25) is 4.79 Å². The summed E-state index contributed by atoms with van der Waals surface area (Å²) in [4.78, 5) is 24.6. The van der Waals surface area contributed by atoms with Crippen LogP contribution in [0.1, 0.15) is 16.1 Å².